The highest BCUT2D eigenvalue weighted by atomic mass is 19.3. The van der Waals surface area contributed by atoms with E-state index in [0.717, 1.165) is 16.8 Å². The van der Waals surface area contributed by atoms with Crippen molar-refractivity contribution in [2.45, 2.75) is 6.61 Å². The first kappa shape index (κ1) is 13.9. The van der Waals surface area contributed by atoms with Gasteiger partial charge in [0.1, 0.15) is 5.75 Å². The largest absolute Gasteiger partial charge is 0.435 e. The molecule has 20 heavy (non-hydrogen) atoms. The lowest BCUT2D eigenvalue weighted by Gasteiger charge is -2.03. The van der Waals surface area contributed by atoms with Crippen molar-refractivity contribution in [3.8, 4) is 17.6 Å². The third kappa shape index (κ3) is 3.99. The van der Waals surface area contributed by atoms with Gasteiger partial charge in [0.15, 0.2) is 0 Å². The Morgan fingerprint density at radius 1 is 1.00 bits per heavy atom. The number of halogens is 2. The van der Waals surface area contributed by atoms with E-state index in [-0.39, 0.29) is 5.75 Å². The van der Waals surface area contributed by atoms with E-state index in [1.54, 1.807) is 12.1 Å². The molecule has 0 saturated heterocycles. The number of rotatable bonds is 3. The van der Waals surface area contributed by atoms with E-state index in [1.165, 1.54) is 12.1 Å². The molecular weight excluding hydrogens is 260 g/mol. The van der Waals surface area contributed by atoms with Crippen LogP contribution in [0, 0.1) is 11.8 Å². The standard InChI is InChI=1S/C16H13F2NO/c1-19-14-4-2-3-13(11-14)6-5-12-7-9-15(10-8-12)20-16(17)18/h2-4,7-11,16,19H,1H3. The highest BCUT2D eigenvalue weighted by Gasteiger charge is 2.02. The van der Waals surface area contributed by atoms with E-state index in [2.05, 4.69) is 21.9 Å². The first-order valence-corrected chi connectivity index (χ1v) is 6.02. The summed E-state index contributed by atoms with van der Waals surface area (Å²) in [7, 11) is 1.84. The number of hydrogen-bond acceptors (Lipinski definition) is 2. The summed E-state index contributed by atoms with van der Waals surface area (Å²) in [6.45, 7) is -2.81. The van der Waals surface area contributed by atoms with E-state index >= 15 is 0 Å². The molecule has 0 aromatic heterocycles. The van der Waals surface area contributed by atoms with Crippen LogP contribution in [0.2, 0.25) is 0 Å². The monoisotopic (exact) mass is 273 g/mol. The van der Waals surface area contributed by atoms with Gasteiger partial charge in [0.25, 0.3) is 0 Å². The predicted molar refractivity (Wildman–Crippen MR) is 75.0 cm³/mol. The molecule has 0 aliphatic carbocycles. The minimum Gasteiger partial charge on any atom is -0.435 e. The minimum atomic E-state index is -2.81. The van der Waals surface area contributed by atoms with Crippen LogP contribution >= 0.6 is 0 Å². The average molecular weight is 273 g/mol. The smallest absolute Gasteiger partial charge is 0.387 e. The molecule has 0 aliphatic rings. The van der Waals surface area contributed by atoms with Gasteiger partial charge in [-0.05, 0) is 42.5 Å². The van der Waals surface area contributed by atoms with Crippen LogP contribution in [-0.4, -0.2) is 13.7 Å². The third-order valence-electron chi connectivity index (χ3n) is 2.58. The first-order chi connectivity index (χ1) is 9.67. The Morgan fingerprint density at radius 3 is 2.35 bits per heavy atom. The molecule has 2 nitrogen and oxygen atoms in total. The van der Waals surface area contributed by atoms with Crippen molar-refractivity contribution in [2.24, 2.45) is 0 Å². The third-order valence-corrected chi connectivity index (χ3v) is 2.58. The maximum Gasteiger partial charge on any atom is 0.387 e. The van der Waals surface area contributed by atoms with Gasteiger partial charge >= 0.3 is 6.61 Å². The summed E-state index contributed by atoms with van der Waals surface area (Å²) in [6.07, 6.45) is 0. The molecule has 0 spiro atoms. The predicted octanol–water partition coefficient (Wildman–Crippen LogP) is 3.73. The van der Waals surface area contributed by atoms with Crippen LogP contribution < -0.4 is 10.1 Å². The zero-order chi connectivity index (χ0) is 14.4. The van der Waals surface area contributed by atoms with Crippen LogP contribution in [-0.2, 0) is 0 Å². The van der Waals surface area contributed by atoms with Crippen molar-refractivity contribution >= 4 is 5.69 Å². The number of anilines is 1. The minimum absolute atomic E-state index is 0.128. The summed E-state index contributed by atoms with van der Waals surface area (Å²) in [5.74, 6) is 6.12. The van der Waals surface area contributed by atoms with Gasteiger partial charge in [-0.3, -0.25) is 0 Å². The molecule has 0 atom stereocenters. The number of nitrogens with one attached hydrogen (secondary N) is 1. The summed E-state index contributed by atoms with van der Waals surface area (Å²) < 4.78 is 28.3. The Morgan fingerprint density at radius 2 is 1.70 bits per heavy atom. The Bertz CT molecular complexity index is 627. The zero-order valence-corrected chi connectivity index (χ0v) is 10.9. The highest BCUT2D eigenvalue weighted by Crippen LogP contribution is 2.14. The van der Waals surface area contributed by atoms with Gasteiger partial charge in [-0.15, -0.1) is 0 Å². The molecule has 102 valence electrons. The van der Waals surface area contributed by atoms with Crippen LogP contribution in [0.1, 0.15) is 11.1 Å². The van der Waals surface area contributed by atoms with Gasteiger partial charge < -0.3 is 10.1 Å². The summed E-state index contributed by atoms with van der Waals surface area (Å²) in [5.41, 5.74) is 2.60. The maximum absolute atomic E-state index is 12.0. The fourth-order valence-electron chi connectivity index (χ4n) is 1.62. The summed E-state index contributed by atoms with van der Waals surface area (Å²) >= 11 is 0. The van der Waals surface area contributed by atoms with Crippen molar-refractivity contribution in [3.05, 3.63) is 59.7 Å². The van der Waals surface area contributed by atoms with Crippen LogP contribution in [0.25, 0.3) is 0 Å². The number of ether oxygens (including phenoxy) is 1. The summed E-state index contributed by atoms with van der Waals surface area (Å²) in [4.78, 5) is 0. The molecule has 0 saturated carbocycles. The second-order valence-corrected chi connectivity index (χ2v) is 3.98. The van der Waals surface area contributed by atoms with Gasteiger partial charge in [-0.25, -0.2) is 0 Å². The van der Waals surface area contributed by atoms with Crippen molar-refractivity contribution in [1.29, 1.82) is 0 Å². The average Bonchev–Trinajstić information content (AvgIpc) is 2.46. The lowest BCUT2D eigenvalue weighted by atomic mass is 10.1. The van der Waals surface area contributed by atoms with Gasteiger partial charge in [0.2, 0.25) is 0 Å². The Hall–Kier alpha value is -2.54. The molecule has 0 amide bonds. The molecule has 0 aliphatic heterocycles. The number of benzene rings is 2. The molecule has 0 radical (unpaired) electrons. The molecule has 1 N–H and O–H groups in total. The molecule has 0 heterocycles. The van der Waals surface area contributed by atoms with Gasteiger partial charge in [0.05, 0.1) is 0 Å². The maximum atomic E-state index is 12.0. The van der Waals surface area contributed by atoms with Gasteiger partial charge in [0, 0.05) is 23.9 Å². The molecule has 2 rings (SSSR count). The van der Waals surface area contributed by atoms with Crippen LogP contribution in [0.5, 0.6) is 5.75 Å². The normalized spacial score (nSPS) is 9.80. The molecule has 0 fully saturated rings. The lowest BCUT2D eigenvalue weighted by Crippen LogP contribution is -2.01. The Kier molecular flexibility index (Phi) is 4.56. The second kappa shape index (κ2) is 6.58. The quantitative estimate of drug-likeness (QED) is 0.860. The van der Waals surface area contributed by atoms with E-state index in [4.69, 9.17) is 0 Å². The van der Waals surface area contributed by atoms with Crippen molar-refractivity contribution in [3.63, 3.8) is 0 Å². The Balaban J connectivity index is 2.12. The summed E-state index contributed by atoms with van der Waals surface area (Å²) in [5, 5.41) is 3.04. The van der Waals surface area contributed by atoms with Gasteiger partial charge in [-0.1, -0.05) is 17.9 Å². The lowest BCUT2D eigenvalue weighted by molar-refractivity contribution is -0.0498. The molecular formula is C16H13F2NO. The van der Waals surface area contributed by atoms with Crippen molar-refractivity contribution in [1.82, 2.24) is 0 Å². The first-order valence-electron chi connectivity index (χ1n) is 6.02. The van der Waals surface area contributed by atoms with Gasteiger partial charge in [-0.2, -0.15) is 8.78 Å². The molecule has 2 aromatic rings. The number of alkyl halides is 2. The van der Waals surface area contributed by atoms with Crippen LogP contribution in [0.3, 0.4) is 0 Å². The van der Waals surface area contributed by atoms with Crippen molar-refractivity contribution < 1.29 is 13.5 Å². The SMILES string of the molecule is CNc1cccc(C#Cc2ccc(OC(F)F)cc2)c1. The van der Waals surface area contributed by atoms with E-state index < -0.39 is 6.61 Å². The fourth-order valence-corrected chi connectivity index (χ4v) is 1.62. The Labute approximate surface area is 116 Å². The van der Waals surface area contributed by atoms with E-state index in [9.17, 15) is 8.78 Å². The molecule has 2 aromatic carbocycles. The second-order valence-electron chi connectivity index (χ2n) is 3.98. The zero-order valence-electron chi connectivity index (χ0n) is 10.9. The topological polar surface area (TPSA) is 21.3 Å². The molecule has 0 unspecified atom stereocenters. The van der Waals surface area contributed by atoms with Crippen LogP contribution in [0.4, 0.5) is 14.5 Å². The highest BCUT2D eigenvalue weighted by molar-refractivity contribution is 5.52. The fraction of sp³-hybridized carbons (Fsp3) is 0.125. The molecule has 4 heteroatoms. The van der Waals surface area contributed by atoms with E-state index in [0.29, 0.717) is 0 Å². The number of hydrogen-bond donors (Lipinski definition) is 1. The molecule has 0 bridgehead atoms. The van der Waals surface area contributed by atoms with Crippen LogP contribution in [0.15, 0.2) is 48.5 Å². The van der Waals surface area contributed by atoms with E-state index in [1.807, 2.05) is 31.3 Å². The summed E-state index contributed by atoms with van der Waals surface area (Å²) in [6, 6.07) is 13.9. The van der Waals surface area contributed by atoms with Crippen molar-refractivity contribution in [2.75, 3.05) is 12.4 Å².